The summed E-state index contributed by atoms with van der Waals surface area (Å²) in [6.07, 6.45) is 4.46. The number of anilines is 1. The van der Waals surface area contributed by atoms with Crippen LogP contribution in [-0.2, 0) is 4.79 Å². The molecule has 1 aliphatic carbocycles. The number of rotatable bonds is 4. The fourth-order valence-corrected chi connectivity index (χ4v) is 2.95. The van der Waals surface area contributed by atoms with Crippen molar-refractivity contribution in [1.29, 1.82) is 0 Å². The summed E-state index contributed by atoms with van der Waals surface area (Å²) >= 11 is 1.20. The molecule has 1 aromatic rings. The first kappa shape index (κ1) is 13.9. The predicted molar refractivity (Wildman–Crippen MR) is 75.0 cm³/mol. The van der Waals surface area contributed by atoms with Crippen molar-refractivity contribution in [2.75, 3.05) is 5.73 Å². The summed E-state index contributed by atoms with van der Waals surface area (Å²) in [6, 6.07) is 1.51. The summed E-state index contributed by atoms with van der Waals surface area (Å²) in [7, 11) is 0. The molecule has 0 spiro atoms. The van der Waals surface area contributed by atoms with Gasteiger partial charge in [0.15, 0.2) is 5.16 Å². The van der Waals surface area contributed by atoms with Crippen LogP contribution in [-0.4, -0.2) is 27.2 Å². The molecule has 1 unspecified atom stereocenters. The standard InChI is InChI=1S/C12H18N4O2S/c1-7(11(18)14-8-4-2-3-5-8)19-12-15-9(13)6-10(17)16-12/h6-8H,2-5H2,1H3,(H,14,18)(H3,13,15,16,17). The van der Waals surface area contributed by atoms with Gasteiger partial charge >= 0.3 is 0 Å². The number of thioether (sulfide) groups is 1. The number of nitrogen functional groups attached to an aromatic ring is 1. The van der Waals surface area contributed by atoms with Gasteiger partial charge in [-0.1, -0.05) is 24.6 Å². The average molecular weight is 282 g/mol. The Bertz CT molecular complexity index is 511. The van der Waals surface area contributed by atoms with Crippen LogP contribution < -0.4 is 16.6 Å². The fraction of sp³-hybridized carbons (Fsp3) is 0.583. The van der Waals surface area contributed by atoms with Crippen LogP contribution in [0.15, 0.2) is 16.0 Å². The zero-order chi connectivity index (χ0) is 13.8. The number of H-pyrrole nitrogens is 1. The lowest BCUT2D eigenvalue weighted by Crippen LogP contribution is -2.37. The molecule has 1 saturated carbocycles. The number of aromatic amines is 1. The highest BCUT2D eigenvalue weighted by atomic mass is 32.2. The Kier molecular flexibility index (Phi) is 4.47. The first-order chi connectivity index (χ1) is 9.04. The highest BCUT2D eigenvalue weighted by Crippen LogP contribution is 2.21. The Morgan fingerprint density at radius 2 is 2.26 bits per heavy atom. The molecule has 1 aliphatic rings. The van der Waals surface area contributed by atoms with Crippen LogP contribution in [0.1, 0.15) is 32.6 Å². The lowest BCUT2D eigenvalue weighted by atomic mass is 10.2. The molecule has 2 rings (SSSR count). The van der Waals surface area contributed by atoms with Crippen molar-refractivity contribution in [2.24, 2.45) is 0 Å². The largest absolute Gasteiger partial charge is 0.383 e. The zero-order valence-electron chi connectivity index (χ0n) is 10.8. The maximum atomic E-state index is 12.0. The smallest absolute Gasteiger partial charge is 0.253 e. The Balaban J connectivity index is 1.93. The Labute approximate surface area is 115 Å². The minimum Gasteiger partial charge on any atom is -0.383 e. The molecule has 1 aromatic heterocycles. The number of hydrogen-bond acceptors (Lipinski definition) is 5. The van der Waals surface area contributed by atoms with Gasteiger partial charge in [0.2, 0.25) is 5.91 Å². The molecule has 104 valence electrons. The van der Waals surface area contributed by atoms with E-state index in [0.29, 0.717) is 11.2 Å². The third-order valence-corrected chi connectivity index (χ3v) is 4.08. The summed E-state index contributed by atoms with van der Waals surface area (Å²) in [6.45, 7) is 1.79. The summed E-state index contributed by atoms with van der Waals surface area (Å²) in [5, 5.41) is 3.08. The predicted octanol–water partition coefficient (Wildman–Crippen LogP) is 0.891. The molecule has 0 radical (unpaired) electrons. The van der Waals surface area contributed by atoms with Crippen LogP contribution in [0, 0.1) is 0 Å². The second-order valence-electron chi connectivity index (χ2n) is 4.73. The maximum absolute atomic E-state index is 12.0. The molecule has 1 amide bonds. The van der Waals surface area contributed by atoms with E-state index in [9.17, 15) is 9.59 Å². The highest BCUT2D eigenvalue weighted by Gasteiger charge is 2.21. The number of nitrogens with one attached hydrogen (secondary N) is 2. The molecule has 1 atom stereocenters. The van der Waals surface area contributed by atoms with Crippen molar-refractivity contribution in [3.8, 4) is 0 Å². The number of amides is 1. The van der Waals surface area contributed by atoms with Gasteiger partial charge in [-0.15, -0.1) is 0 Å². The van der Waals surface area contributed by atoms with E-state index in [1.54, 1.807) is 6.92 Å². The zero-order valence-corrected chi connectivity index (χ0v) is 11.6. The molecule has 7 heteroatoms. The highest BCUT2D eigenvalue weighted by molar-refractivity contribution is 8.00. The molecule has 0 aromatic carbocycles. The topological polar surface area (TPSA) is 101 Å². The van der Waals surface area contributed by atoms with Gasteiger partial charge in [0.05, 0.1) is 5.25 Å². The lowest BCUT2D eigenvalue weighted by molar-refractivity contribution is -0.120. The Morgan fingerprint density at radius 1 is 1.58 bits per heavy atom. The number of aromatic nitrogens is 2. The van der Waals surface area contributed by atoms with Crippen LogP contribution in [0.2, 0.25) is 0 Å². The summed E-state index contributed by atoms with van der Waals surface area (Å²) in [5.74, 6) is 0.136. The number of nitrogens with two attached hydrogens (primary N) is 1. The molecule has 19 heavy (non-hydrogen) atoms. The fourth-order valence-electron chi connectivity index (χ4n) is 2.12. The van der Waals surface area contributed by atoms with Gasteiger partial charge in [0.1, 0.15) is 5.82 Å². The van der Waals surface area contributed by atoms with Crippen LogP contribution >= 0.6 is 11.8 Å². The van der Waals surface area contributed by atoms with Gasteiger partial charge in [-0.05, 0) is 19.8 Å². The van der Waals surface area contributed by atoms with Crippen LogP contribution in [0.5, 0.6) is 0 Å². The number of hydrogen-bond donors (Lipinski definition) is 3. The van der Waals surface area contributed by atoms with E-state index in [-0.39, 0.29) is 22.5 Å². The van der Waals surface area contributed by atoms with E-state index in [0.717, 1.165) is 12.8 Å². The van der Waals surface area contributed by atoms with Gasteiger partial charge in [-0.3, -0.25) is 9.59 Å². The van der Waals surface area contributed by atoms with Gasteiger partial charge < -0.3 is 16.0 Å². The summed E-state index contributed by atoms with van der Waals surface area (Å²) in [5.41, 5.74) is 5.19. The van der Waals surface area contributed by atoms with Crippen LogP contribution in [0.3, 0.4) is 0 Å². The molecular formula is C12H18N4O2S. The number of carbonyl (C=O) groups is 1. The third-order valence-electron chi connectivity index (χ3n) is 3.10. The van der Waals surface area contributed by atoms with E-state index < -0.39 is 0 Å². The van der Waals surface area contributed by atoms with Crippen LogP contribution in [0.25, 0.3) is 0 Å². The van der Waals surface area contributed by atoms with Gasteiger partial charge in [0, 0.05) is 12.1 Å². The summed E-state index contributed by atoms with van der Waals surface area (Å²) in [4.78, 5) is 29.8. The van der Waals surface area contributed by atoms with Gasteiger partial charge in [-0.25, -0.2) is 4.98 Å². The van der Waals surface area contributed by atoms with Crippen LogP contribution in [0.4, 0.5) is 5.82 Å². The minimum atomic E-state index is -0.314. The number of carbonyl (C=O) groups excluding carboxylic acids is 1. The molecule has 4 N–H and O–H groups in total. The molecule has 6 nitrogen and oxygen atoms in total. The van der Waals surface area contributed by atoms with E-state index >= 15 is 0 Å². The maximum Gasteiger partial charge on any atom is 0.253 e. The normalized spacial score (nSPS) is 17.3. The molecule has 1 fully saturated rings. The lowest BCUT2D eigenvalue weighted by Gasteiger charge is -2.15. The molecule has 0 bridgehead atoms. The second-order valence-corrected chi connectivity index (χ2v) is 6.05. The van der Waals surface area contributed by atoms with Gasteiger partial charge in [0.25, 0.3) is 5.56 Å². The summed E-state index contributed by atoms with van der Waals surface area (Å²) < 4.78 is 0. The van der Waals surface area contributed by atoms with E-state index in [1.807, 2.05) is 0 Å². The van der Waals surface area contributed by atoms with Crippen molar-refractivity contribution in [2.45, 2.75) is 49.1 Å². The SMILES string of the molecule is CC(Sc1nc(N)cc(=O)[nH]1)C(=O)NC1CCCC1. The van der Waals surface area contributed by atoms with E-state index in [2.05, 4.69) is 15.3 Å². The molecule has 0 aliphatic heterocycles. The van der Waals surface area contributed by atoms with Crippen molar-refractivity contribution in [3.63, 3.8) is 0 Å². The van der Waals surface area contributed by atoms with Crippen molar-refractivity contribution in [1.82, 2.24) is 15.3 Å². The molecular weight excluding hydrogens is 264 g/mol. The molecule has 1 heterocycles. The number of nitrogens with zero attached hydrogens (tertiary/aromatic N) is 1. The van der Waals surface area contributed by atoms with Crippen molar-refractivity contribution < 1.29 is 4.79 Å². The van der Waals surface area contributed by atoms with E-state index in [4.69, 9.17) is 5.73 Å². The molecule has 0 saturated heterocycles. The Morgan fingerprint density at radius 3 is 2.89 bits per heavy atom. The van der Waals surface area contributed by atoms with Crippen molar-refractivity contribution >= 4 is 23.5 Å². The van der Waals surface area contributed by atoms with Gasteiger partial charge in [-0.2, -0.15) is 0 Å². The average Bonchev–Trinajstić information content (AvgIpc) is 2.80. The first-order valence-corrected chi connectivity index (χ1v) is 7.26. The minimum absolute atomic E-state index is 0.0260. The quantitative estimate of drug-likeness (QED) is 0.562. The van der Waals surface area contributed by atoms with E-state index in [1.165, 1.54) is 30.7 Å². The first-order valence-electron chi connectivity index (χ1n) is 6.38. The van der Waals surface area contributed by atoms with Crippen molar-refractivity contribution in [3.05, 3.63) is 16.4 Å². The second kappa shape index (κ2) is 6.10. The monoisotopic (exact) mass is 282 g/mol. The third kappa shape index (κ3) is 3.99. The Hall–Kier alpha value is -1.50.